The molecule has 0 amide bonds. The van der Waals surface area contributed by atoms with Gasteiger partial charge in [0.15, 0.2) is 22.7 Å². The van der Waals surface area contributed by atoms with E-state index in [9.17, 15) is 9.90 Å². The zero-order chi connectivity index (χ0) is 29.4. The molecule has 5 rings (SSSR count). The molecule has 0 bridgehead atoms. The first-order valence-corrected chi connectivity index (χ1v) is 13.5. The Morgan fingerprint density at radius 2 is 1.66 bits per heavy atom. The smallest absolute Gasteiger partial charge is 0.335 e. The number of furan rings is 2. The summed E-state index contributed by atoms with van der Waals surface area (Å²) in [6, 6.07) is 13.3. The topological polar surface area (TPSA) is 91.3 Å². The van der Waals surface area contributed by atoms with Gasteiger partial charge in [-0.3, -0.25) is 0 Å². The van der Waals surface area contributed by atoms with E-state index < -0.39 is 11.9 Å². The van der Waals surface area contributed by atoms with Crippen LogP contribution in [0.25, 0.3) is 23.5 Å². The Kier molecular flexibility index (Phi) is 7.54. The first kappa shape index (κ1) is 27.9. The molecule has 1 N–H and O–H groups in total. The summed E-state index contributed by atoms with van der Waals surface area (Å²) >= 11 is 0. The predicted octanol–water partition coefficient (Wildman–Crippen LogP) is 5.82. The second-order valence-corrected chi connectivity index (χ2v) is 10.2. The average molecular weight is 555 g/mol. The molecule has 0 spiro atoms. The highest BCUT2D eigenvalue weighted by Crippen LogP contribution is 2.41. The second kappa shape index (κ2) is 11.1. The molecule has 0 saturated heterocycles. The summed E-state index contributed by atoms with van der Waals surface area (Å²) in [5.74, 6) is 1.09. The molecule has 1 atom stereocenters. The minimum Gasteiger partial charge on any atom is -0.504 e. The molecule has 7 nitrogen and oxygen atoms in total. The number of hydrogen-bond donors (Lipinski definition) is 1. The fourth-order valence-electron chi connectivity index (χ4n) is 5.35. The lowest BCUT2D eigenvalue weighted by Gasteiger charge is -2.24. The van der Waals surface area contributed by atoms with Crippen molar-refractivity contribution in [3.63, 3.8) is 0 Å². The zero-order valence-corrected chi connectivity index (χ0v) is 24.4. The van der Waals surface area contributed by atoms with E-state index in [1.165, 1.54) is 16.7 Å². The van der Waals surface area contributed by atoms with Crippen LogP contribution in [0.3, 0.4) is 0 Å². The Balaban J connectivity index is 1.64. The van der Waals surface area contributed by atoms with Crippen molar-refractivity contribution in [3.05, 3.63) is 98.0 Å². The monoisotopic (exact) mass is 554 g/mol. The van der Waals surface area contributed by atoms with Crippen molar-refractivity contribution in [2.45, 2.75) is 40.5 Å². The van der Waals surface area contributed by atoms with Crippen molar-refractivity contribution in [1.29, 1.82) is 0 Å². The number of aryl methyl sites for hydroxylation is 2. The third kappa shape index (κ3) is 5.04. The molecule has 2 aromatic heterocycles. The number of ether oxygens (including phenoxy) is 3. The highest BCUT2D eigenvalue weighted by molar-refractivity contribution is 5.95. The van der Waals surface area contributed by atoms with Gasteiger partial charge < -0.3 is 28.2 Å². The van der Waals surface area contributed by atoms with Gasteiger partial charge in [-0.1, -0.05) is 6.07 Å². The van der Waals surface area contributed by atoms with E-state index in [2.05, 4.69) is 32.9 Å². The number of carbonyl (C=O) groups is 1. The van der Waals surface area contributed by atoms with Gasteiger partial charge >= 0.3 is 5.97 Å². The first-order chi connectivity index (χ1) is 19.7. The van der Waals surface area contributed by atoms with Crippen LogP contribution in [-0.2, 0) is 9.53 Å². The highest BCUT2D eigenvalue weighted by Gasteiger charge is 2.35. The minimum absolute atomic E-state index is 0.0784. The Morgan fingerprint density at radius 1 is 0.951 bits per heavy atom. The molecule has 1 aliphatic carbocycles. The maximum Gasteiger partial charge on any atom is 0.335 e. The van der Waals surface area contributed by atoms with Crippen LogP contribution in [0.5, 0.6) is 17.2 Å². The molecule has 2 heterocycles. The third-order valence-electron chi connectivity index (χ3n) is 7.67. The number of benzene rings is 2. The van der Waals surface area contributed by atoms with Crippen LogP contribution in [0.15, 0.2) is 62.4 Å². The van der Waals surface area contributed by atoms with Crippen LogP contribution in [-0.4, -0.2) is 31.9 Å². The number of esters is 1. The van der Waals surface area contributed by atoms with Crippen LogP contribution in [0.1, 0.15) is 53.3 Å². The van der Waals surface area contributed by atoms with Gasteiger partial charge in [-0.05, 0) is 105 Å². The van der Waals surface area contributed by atoms with Gasteiger partial charge in [0.25, 0.3) is 0 Å². The Morgan fingerprint density at radius 3 is 2.32 bits per heavy atom. The van der Waals surface area contributed by atoms with Crippen LogP contribution in [0.2, 0.25) is 0 Å². The molecule has 1 unspecified atom stereocenters. The summed E-state index contributed by atoms with van der Waals surface area (Å²) in [5.41, 5.74) is 7.58. The molecule has 1 aliphatic rings. The number of fused-ring (bicyclic) bond motifs is 1. The molecule has 0 aliphatic heterocycles. The quantitative estimate of drug-likeness (QED) is 0.288. The number of allylic oxidation sites excluding steroid dienone is 1. The zero-order valence-electron chi connectivity index (χ0n) is 24.4. The fraction of sp³-hybridized carbons (Fsp3) is 0.265. The lowest BCUT2D eigenvalue weighted by Crippen LogP contribution is -2.24. The van der Waals surface area contributed by atoms with Crippen molar-refractivity contribution in [3.8, 4) is 28.6 Å². The molecule has 4 aromatic rings. The van der Waals surface area contributed by atoms with Crippen molar-refractivity contribution in [2.75, 3.05) is 20.8 Å². The SMILES string of the molecule is CCOC(=O)C1=C(C)C=c2oc(=Cc3ccc(-c4cc(C)c(C)c(C)c4)o3)c(O)c2C1c1ccc(OC)c(OC)c1. The molecular formula is C34H34O7. The summed E-state index contributed by atoms with van der Waals surface area (Å²) in [7, 11) is 3.11. The minimum atomic E-state index is -0.662. The van der Waals surface area contributed by atoms with Gasteiger partial charge in [0.2, 0.25) is 0 Å². The van der Waals surface area contributed by atoms with E-state index in [4.69, 9.17) is 23.0 Å². The molecule has 212 valence electrons. The Bertz CT molecular complexity index is 1780. The molecule has 41 heavy (non-hydrogen) atoms. The van der Waals surface area contributed by atoms with Gasteiger partial charge in [0.1, 0.15) is 16.9 Å². The average Bonchev–Trinajstić information content (AvgIpc) is 3.54. The molecule has 2 aromatic carbocycles. The van der Waals surface area contributed by atoms with Crippen molar-refractivity contribution < 1.29 is 32.9 Å². The Labute approximate surface area is 239 Å². The lowest BCUT2D eigenvalue weighted by molar-refractivity contribution is -0.138. The molecule has 0 saturated carbocycles. The van der Waals surface area contributed by atoms with E-state index >= 15 is 0 Å². The number of methoxy groups -OCH3 is 2. The number of rotatable bonds is 7. The van der Waals surface area contributed by atoms with Crippen LogP contribution >= 0.6 is 0 Å². The largest absolute Gasteiger partial charge is 0.504 e. The van der Waals surface area contributed by atoms with Crippen LogP contribution in [0, 0.1) is 20.8 Å². The lowest BCUT2D eigenvalue weighted by atomic mass is 9.80. The Hall–Kier alpha value is -4.65. The second-order valence-electron chi connectivity index (χ2n) is 10.2. The van der Waals surface area contributed by atoms with Crippen molar-refractivity contribution >= 4 is 18.1 Å². The maximum absolute atomic E-state index is 13.2. The van der Waals surface area contributed by atoms with Crippen molar-refractivity contribution in [1.82, 2.24) is 0 Å². The summed E-state index contributed by atoms with van der Waals surface area (Å²) in [5, 5.41) is 11.5. The third-order valence-corrected chi connectivity index (χ3v) is 7.67. The number of carbonyl (C=O) groups excluding carboxylic acids is 1. The van der Waals surface area contributed by atoms with Gasteiger partial charge in [0, 0.05) is 17.6 Å². The van der Waals surface area contributed by atoms with Gasteiger partial charge in [0.05, 0.1) is 32.0 Å². The molecule has 7 heteroatoms. The predicted molar refractivity (Wildman–Crippen MR) is 157 cm³/mol. The van der Waals surface area contributed by atoms with Gasteiger partial charge in [-0.25, -0.2) is 4.79 Å². The van der Waals surface area contributed by atoms with E-state index in [0.29, 0.717) is 44.9 Å². The van der Waals surface area contributed by atoms with Crippen molar-refractivity contribution in [2.24, 2.45) is 0 Å². The molecule has 0 fully saturated rings. The van der Waals surface area contributed by atoms with E-state index in [-0.39, 0.29) is 17.8 Å². The van der Waals surface area contributed by atoms with E-state index in [1.54, 1.807) is 45.4 Å². The standard InChI is InChI=1S/C34H34O7/c1-8-39-34(36)30-20(4)15-28-32(31(30)22-9-11-26(37-6)27(16-22)38-7)33(35)29(41-28)17-24-10-12-25(40-24)23-13-18(2)21(5)19(3)14-23/h9-17,31,35H,8H2,1-7H3. The summed E-state index contributed by atoms with van der Waals surface area (Å²) in [6.45, 7) is 10.1. The summed E-state index contributed by atoms with van der Waals surface area (Å²) in [6.07, 6.45) is 3.41. The van der Waals surface area contributed by atoms with Gasteiger partial charge in [-0.2, -0.15) is 0 Å². The molecule has 0 radical (unpaired) electrons. The normalized spacial score (nSPS) is 15.0. The number of hydrogen-bond acceptors (Lipinski definition) is 7. The number of aromatic hydroxyl groups is 1. The maximum atomic E-state index is 13.2. The molecular weight excluding hydrogens is 520 g/mol. The van der Waals surface area contributed by atoms with E-state index in [0.717, 1.165) is 11.3 Å². The van der Waals surface area contributed by atoms with Crippen LogP contribution < -0.4 is 20.3 Å². The summed E-state index contributed by atoms with van der Waals surface area (Å²) < 4.78 is 28.7. The summed E-state index contributed by atoms with van der Waals surface area (Å²) in [4.78, 5) is 13.2. The van der Waals surface area contributed by atoms with Crippen LogP contribution in [0.4, 0.5) is 0 Å². The highest BCUT2D eigenvalue weighted by atomic mass is 16.5. The fourth-order valence-corrected chi connectivity index (χ4v) is 5.35. The first-order valence-electron chi connectivity index (χ1n) is 13.5. The van der Waals surface area contributed by atoms with E-state index in [1.807, 2.05) is 25.1 Å². The van der Waals surface area contributed by atoms with Gasteiger partial charge in [-0.15, -0.1) is 0 Å².